The van der Waals surface area contributed by atoms with Crippen molar-refractivity contribution < 1.29 is 0 Å². The molecule has 0 radical (unpaired) electrons. The van der Waals surface area contributed by atoms with Gasteiger partial charge in [-0.3, -0.25) is 0 Å². The minimum atomic E-state index is 0.228. The Kier molecular flexibility index (Phi) is 4.91. The van der Waals surface area contributed by atoms with E-state index in [1.807, 2.05) is 18.2 Å². The van der Waals surface area contributed by atoms with Crippen LogP contribution in [0.15, 0.2) is 29.6 Å². The smallest absolute Gasteiger partial charge is 0.0595 e. The lowest BCUT2D eigenvalue weighted by atomic mass is 10.1. The fraction of sp³-hybridized carbons (Fsp3) is 0.333. The highest BCUT2D eigenvalue weighted by Crippen LogP contribution is 2.29. The molecule has 0 amide bonds. The summed E-state index contributed by atoms with van der Waals surface area (Å²) in [5, 5.41) is 6.93. The van der Waals surface area contributed by atoms with Gasteiger partial charge in [-0.2, -0.15) is 0 Å². The van der Waals surface area contributed by atoms with E-state index in [1.165, 1.54) is 10.4 Å². The van der Waals surface area contributed by atoms with Crippen molar-refractivity contribution in [2.24, 2.45) is 0 Å². The molecule has 0 aliphatic rings. The number of thiophene rings is 1. The first-order chi connectivity index (χ1) is 8.99. The fourth-order valence-electron chi connectivity index (χ4n) is 2.16. The van der Waals surface area contributed by atoms with Gasteiger partial charge in [-0.1, -0.05) is 29.3 Å². The molecule has 0 aliphatic carbocycles. The first-order valence-corrected chi connectivity index (χ1v) is 7.87. The summed E-state index contributed by atoms with van der Waals surface area (Å²) in [4.78, 5) is 1.38. The zero-order valence-corrected chi connectivity index (χ0v) is 13.5. The van der Waals surface area contributed by atoms with Gasteiger partial charge in [0.2, 0.25) is 0 Å². The second-order valence-corrected chi connectivity index (χ2v) is 6.51. The highest BCUT2D eigenvalue weighted by atomic mass is 35.5. The lowest BCUT2D eigenvalue weighted by molar-refractivity contribution is 0.499. The van der Waals surface area contributed by atoms with Crippen molar-refractivity contribution in [1.29, 1.82) is 0 Å². The lowest BCUT2D eigenvalue weighted by Gasteiger charge is -2.20. The van der Waals surface area contributed by atoms with Crippen molar-refractivity contribution >= 4 is 34.5 Å². The molecule has 102 valence electrons. The Morgan fingerprint density at radius 3 is 2.37 bits per heavy atom. The van der Waals surface area contributed by atoms with Crippen LogP contribution in [0.25, 0.3) is 0 Å². The summed E-state index contributed by atoms with van der Waals surface area (Å²) in [5.74, 6) is 0. The Hall–Kier alpha value is -0.540. The highest BCUT2D eigenvalue weighted by Gasteiger charge is 2.14. The highest BCUT2D eigenvalue weighted by molar-refractivity contribution is 7.10. The van der Waals surface area contributed by atoms with Crippen LogP contribution in [-0.2, 0) is 0 Å². The van der Waals surface area contributed by atoms with Crippen molar-refractivity contribution in [1.82, 2.24) is 5.32 Å². The molecular weight excluding hydrogens is 297 g/mol. The largest absolute Gasteiger partial charge is 0.303 e. The van der Waals surface area contributed by atoms with E-state index in [0.717, 1.165) is 5.56 Å². The summed E-state index contributed by atoms with van der Waals surface area (Å²) in [6.45, 7) is 6.47. The van der Waals surface area contributed by atoms with Crippen LogP contribution in [0.1, 0.15) is 41.9 Å². The van der Waals surface area contributed by atoms with Gasteiger partial charge in [-0.25, -0.2) is 0 Å². The van der Waals surface area contributed by atoms with Crippen molar-refractivity contribution in [3.8, 4) is 0 Å². The zero-order valence-electron chi connectivity index (χ0n) is 11.2. The monoisotopic (exact) mass is 313 g/mol. The molecule has 1 N–H and O–H groups in total. The van der Waals surface area contributed by atoms with Crippen LogP contribution in [0.2, 0.25) is 10.0 Å². The Morgan fingerprint density at radius 2 is 1.79 bits per heavy atom. The van der Waals surface area contributed by atoms with Crippen LogP contribution in [0.3, 0.4) is 0 Å². The summed E-state index contributed by atoms with van der Waals surface area (Å²) in [6.07, 6.45) is 0. The average molecular weight is 314 g/mol. The van der Waals surface area contributed by atoms with Crippen molar-refractivity contribution in [2.75, 3.05) is 0 Å². The number of halogens is 2. The van der Waals surface area contributed by atoms with Crippen LogP contribution in [0, 0.1) is 6.92 Å². The van der Waals surface area contributed by atoms with Gasteiger partial charge in [0.1, 0.15) is 0 Å². The molecule has 4 heteroatoms. The van der Waals surface area contributed by atoms with Gasteiger partial charge in [0.25, 0.3) is 0 Å². The van der Waals surface area contributed by atoms with E-state index in [9.17, 15) is 0 Å². The van der Waals surface area contributed by atoms with Crippen molar-refractivity contribution in [3.63, 3.8) is 0 Å². The van der Waals surface area contributed by atoms with Gasteiger partial charge < -0.3 is 5.32 Å². The third-order valence-corrected chi connectivity index (χ3v) is 5.18. The molecule has 1 nitrogen and oxygen atoms in total. The molecule has 2 rings (SSSR count). The summed E-state index contributed by atoms with van der Waals surface area (Å²) >= 11 is 13.8. The zero-order chi connectivity index (χ0) is 14.0. The molecule has 0 bridgehead atoms. The van der Waals surface area contributed by atoms with Gasteiger partial charge in [0, 0.05) is 17.0 Å². The van der Waals surface area contributed by atoms with E-state index in [2.05, 4.69) is 37.5 Å². The van der Waals surface area contributed by atoms with Crippen molar-refractivity contribution in [2.45, 2.75) is 32.9 Å². The number of aryl methyl sites for hydroxylation is 1. The molecular formula is C15H17Cl2NS. The molecule has 2 atom stereocenters. The summed E-state index contributed by atoms with van der Waals surface area (Å²) in [7, 11) is 0. The number of hydrogen-bond donors (Lipinski definition) is 1. The molecule has 1 heterocycles. The molecule has 1 aromatic heterocycles. The molecule has 0 saturated heterocycles. The maximum Gasteiger partial charge on any atom is 0.0595 e. The minimum Gasteiger partial charge on any atom is -0.303 e. The number of hydrogen-bond acceptors (Lipinski definition) is 2. The first kappa shape index (κ1) is 14.9. The molecule has 0 fully saturated rings. The summed E-state index contributed by atoms with van der Waals surface area (Å²) in [6, 6.07) is 8.49. The SMILES string of the molecule is Cc1ccsc1C(C)NC(C)c1ccc(Cl)c(Cl)c1. The molecule has 2 aromatic rings. The van der Waals surface area contributed by atoms with E-state index in [0.29, 0.717) is 16.1 Å². The first-order valence-electron chi connectivity index (χ1n) is 6.24. The predicted octanol–water partition coefficient (Wildman–Crippen LogP) is 5.78. The minimum absolute atomic E-state index is 0.228. The van der Waals surface area contributed by atoms with E-state index >= 15 is 0 Å². The normalized spacial score (nSPS) is 14.4. The number of benzene rings is 1. The lowest BCUT2D eigenvalue weighted by Crippen LogP contribution is -2.22. The van der Waals surface area contributed by atoms with Crippen molar-refractivity contribution in [3.05, 3.63) is 55.7 Å². The summed E-state index contributed by atoms with van der Waals surface area (Å²) < 4.78 is 0. The van der Waals surface area contributed by atoms with Crippen LogP contribution in [0.4, 0.5) is 0 Å². The summed E-state index contributed by atoms with van der Waals surface area (Å²) in [5.41, 5.74) is 2.49. The van der Waals surface area contributed by atoms with Crippen LogP contribution in [0.5, 0.6) is 0 Å². The average Bonchev–Trinajstić information content (AvgIpc) is 2.79. The van der Waals surface area contributed by atoms with Crippen LogP contribution in [-0.4, -0.2) is 0 Å². The van der Waals surface area contributed by atoms with Crippen LogP contribution < -0.4 is 5.32 Å². The molecule has 19 heavy (non-hydrogen) atoms. The Bertz CT molecular complexity index is 565. The van der Waals surface area contributed by atoms with E-state index < -0.39 is 0 Å². The van der Waals surface area contributed by atoms with E-state index in [4.69, 9.17) is 23.2 Å². The quantitative estimate of drug-likeness (QED) is 0.755. The topological polar surface area (TPSA) is 12.0 Å². The predicted molar refractivity (Wildman–Crippen MR) is 85.5 cm³/mol. The molecule has 0 spiro atoms. The molecule has 1 aromatic carbocycles. The third kappa shape index (κ3) is 3.51. The van der Waals surface area contributed by atoms with Crippen LogP contribution >= 0.6 is 34.5 Å². The van der Waals surface area contributed by atoms with Gasteiger partial charge >= 0.3 is 0 Å². The Balaban J connectivity index is 2.10. The standard InChI is InChI=1S/C15H17Cl2NS/c1-9-6-7-19-15(9)11(3)18-10(2)12-4-5-13(16)14(17)8-12/h4-8,10-11,18H,1-3H3. The second kappa shape index (κ2) is 6.27. The number of nitrogens with one attached hydrogen (secondary N) is 1. The Labute approximate surface area is 128 Å². The van der Waals surface area contributed by atoms with Gasteiger partial charge in [-0.05, 0) is 55.5 Å². The van der Waals surface area contributed by atoms with Gasteiger partial charge in [-0.15, -0.1) is 11.3 Å². The Morgan fingerprint density at radius 1 is 1.05 bits per heavy atom. The molecule has 0 aliphatic heterocycles. The molecule has 0 saturated carbocycles. The maximum absolute atomic E-state index is 6.06. The van der Waals surface area contributed by atoms with Gasteiger partial charge in [0.05, 0.1) is 10.0 Å². The fourth-order valence-corrected chi connectivity index (χ4v) is 3.41. The molecule has 2 unspecified atom stereocenters. The van der Waals surface area contributed by atoms with E-state index in [-0.39, 0.29) is 6.04 Å². The number of rotatable bonds is 4. The maximum atomic E-state index is 6.06. The van der Waals surface area contributed by atoms with Gasteiger partial charge in [0.15, 0.2) is 0 Å². The third-order valence-electron chi connectivity index (χ3n) is 3.24. The second-order valence-electron chi connectivity index (χ2n) is 4.75. The van der Waals surface area contributed by atoms with E-state index in [1.54, 1.807) is 11.3 Å².